The van der Waals surface area contributed by atoms with E-state index >= 15 is 0 Å². The van der Waals surface area contributed by atoms with Crippen LogP contribution in [0.15, 0.2) is 22.7 Å². The summed E-state index contributed by atoms with van der Waals surface area (Å²) in [7, 11) is 1.73. The second kappa shape index (κ2) is 6.48. The molecular formula is C17H23N3O2. The molecule has 0 fully saturated rings. The van der Waals surface area contributed by atoms with E-state index in [1.165, 1.54) is 11.1 Å². The third-order valence-electron chi connectivity index (χ3n) is 3.98. The summed E-state index contributed by atoms with van der Waals surface area (Å²) in [6.45, 7) is 6.90. The highest BCUT2D eigenvalue weighted by Crippen LogP contribution is 2.28. The van der Waals surface area contributed by atoms with Crippen LogP contribution in [0.2, 0.25) is 0 Å². The number of hydrogen-bond donors (Lipinski definition) is 0. The molecule has 0 unspecified atom stereocenters. The fourth-order valence-electron chi connectivity index (χ4n) is 2.95. The summed E-state index contributed by atoms with van der Waals surface area (Å²) < 4.78 is 10.8. The maximum atomic E-state index is 5.45. The van der Waals surface area contributed by atoms with E-state index in [0.717, 1.165) is 37.5 Å². The van der Waals surface area contributed by atoms with Gasteiger partial charge in [0.25, 0.3) is 0 Å². The maximum Gasteiger partial charge on any atom is 0.240 e. The Kier molecular flexibility index (Phi) is 4.43. The van der Waals surface area contributed by atoms with Gasteiger partial charge in [0.15, 0.2) is 5.82 Å². The van der Waals surface area contributed by atoms with Crippen LogP contribution < -0.4 is 4.74 Å². The molecule has 0 N–H and O–H groups in total. The van der Waals surface area contributed by atoms with Gasteiger partial charge in [-0.1, -0.05) is 31.1 Å². The van der Waals surface area contributed by atoms with Gasteiger partial charge in [-0.15, -0.1) is 0 Å². The number of ether oxygens (including phenoxy) is 1. The highest BCUT2D eigenvalue weighted by atomic mass is 16.5. The summed E-state index contributed by atoms with van der Waals surface area (Å²) in [4.78, 5) is 6.83. The van der Waals surface area contributed by atoms with Gasteiger partial charge in [-0.25, -0.2) is 0 Å². The summed E-state index contributed by atoms with van der Waals surface area (Å²) in [6, 6.07) is 6.25. The number of benzene rings is 1. The molecule has 0 saturated heterocycles. The van der Waals surface area contributed by atoms with E-state index in [4.69, 9.17) is 9.26 Å². The van der Waals surface area contributed by atoms with Gasteiger partial charge >= 0.3 is 0 Å². The van der Waals surface area contributed by atoms with Gasteiger partial charge in [0.2, 0.25) is 5.89 Å². The Morgan fingerprint density at radius 1 is 1.36 bits per heavy atom. The molecule has 5 nitrogen and oxygen atoms in total. The Hall–Kier alpha value is -1.88. The first-order chi connectivity index (χ1) is 10.7. The number of fused-ring (bicyclic) bond motifs is 1. The lowest BCUT2D eigenvalue weighted by Gasteiger charge is -2.28. The number of nitrogens with zero attached hydrogens (tertiary/aromatic N) is 3. The van der Waals surface area contributed by atoms with Crippen molar-refractivity contribution in [2.75, 3.05) is 13.7 Å². The third-order valence-corrected chi connectivity index (χ3v) is 3.98. The zero-order valence-corrected chi connectivity index (χ0v) is 13.5. The molecule has 0 spiro atoms. The van der Waals surface area contributed by atoms with Gasteiger partial charge in [0, 0.05) is 19.5 Å². The fourth-order valence-corrected chi connectivity index (χ4v) is 2.95. The average molecular weight is 301 g/mol. The Morgan fingerprint density at radius 3 is 3.00 bits per heavy atom. The largest absolute Gasteiger partial charge is 0.496 e. The topological polar surface area (TPSA) is 51.4 Å². The maximum absolute atomic E-state index is 5.45. The van der Waals surface area contributed by atoms with Crippen LogP contribution in [0.25, 0.3) is 0 Å². The Labute approximate surface area is 131 Å². The Bertz CT molecular complexity index is 637. The van der Waals surface area contributed by atoms with Gasteiger partial charge in [-0.3, -0.25) is 4.90 Å². The zero-order chi connectivity index (χ0) is 15.5. The summed E-state index contributed by atoms with van der Waals surface area (Å²) in [5, 5.41) is 4.06. The fraction of sp³-hybridized carbons (Fsp3) is 0.529. The van der Waals surface area contributed by atoms with Crippen LogP contribution in [0.4, 0.5) is 0 Å². The molecule has 2 aromatic rings. The van der Waals surface area contributed by atoms with Crippen LogP contribution in [0, 0.1) is 5.92 Å². The van der Waals surface area contributed by atoms with Crippen LogP contribution in [0.5, 0.6) is 5.75 Å². The van der Waals surface area contributed by atoms with Crippen molar-refractivity contribution in [3.05, 3.63) is 41.0 Å². The van der Waals surface area contributed by atoms with E-state index in [2.05, 4.69) is 41.0 Å². The van der Waals surface area contributed by atoms with Crippen molar-refractivity contribution in [3.8, 4) is 5.75 Å². The lowest BCUT2D eigenvalue weighted by molar-refractivity contribution is 0.208. The van der Waals surface area contributed by atoms with Gasteiger partial charge in [-0.2, -0.15) is 4.98 Å². The summed E-state index contributed by atoms with van der Waals surface area (Å²) in [5.41, 5.74) is 2.65. The lowest BCUT2D eigenvalue weighted by atomic mass is 9.99. The first-order valence-corrected chi connectivity index (χ1v) is 7.84. The average Bonchev–Trinajstić information content (AvgIpc) is 2.92. The molecular weight excluding hydrogens is 278 g/mol. The molecule has 3 rings (SSSR count). The first-order valence-electron chi connectivity index (χ1n) is 7.84. The Morgan fingerprint density at radius 2 is 2.23 bits per heavy atom. The molecule has 118 valence electrons. The second-order valence-electron chi connectivity index (χ2n) is 6.26. The highest BCUT2D eigenvalue weighted by molar-refractivity contribution is 5.41. The summed E-state index contributed by atoms with van der Waals surface area (Å²) in [6.07, 6.45) is 1.86. The lowest BCUT2D eigenvalue weighted by Crippen LogP contribution is -2.30. The summed E-state index contributed by atoms with van der Waals surface area (Å²) >= 11 is 0. The van der Waals surface area contributed by atoms with E-state index in [9.17, 15) is 0 Å². The van der Waals surface area contributed by atoms with Crippen molar-refractivity contribution in [2.45, 2.75) is 39.8 Å². The normalized spacial score (nSPS) is 15.1. The molecule has 2 heterocycles. The number of methoxy groups -OCH3 is 1. The van der Waals surface area contributed by atoms with Crippen LogP contribution >= 0.6 is 0 Å². The van der Waals surface area contributed by atoms with Gasteiger partial charge in [-0.05, 0) is 29.5 Å². The second-order valence-corrected chi connectivity index (χ2v) is 6.26. The Balaban J connectivity index is 1.66. The van der Waals surface area contributed by atoms with Crippen LogP contribution in [-0.4, -0.2) is 28.7 Å². The number of hydrogen-bond acceptors (Lipinski definition) is 5. The van der Waals surface area contributed by atoms with E-state index in [1.807, 2.05) is 6.07 Å². The molecule has 1 aliphatic rings. The molecule has 5 heteroatoms. The molecule has 0 aliphatic carbocycles. The first kappa shape index (κ1) is 15.0. The van der Waals surface area contributed by atoms with E-state index in [0.29, 0.717) is 18.4 Å². The van der Waals surface area contributed by atoms with Crippen molar-refractivity contribution in [3.63, 3.8) is 0 Å². The molecule has 1 aromatic heterocycles. The van der Waals surface area contributed by atoms with Gasteiger partial charge < -0.3 is 9.26 Å². The van der Waals surface area contributed by atoms with Crippen molar-refractivity contribution < 1.29 is 9.26 Å². The number of rotatable bonds is 5. The highest BCUT2D eigenvalue weighted by Gasteiger charge is 2.21. The summed E-state index contributed by atoms with van der Waals surface area (Å²) in [5.74, 6) is 3.06. The van der Waals surface area contributed by atoms with Crippen LogP contribution in [-0.2, 0) is 25.9 Å². The minimum absolute atomic E-state index is 0.541. The molecule has 1 aliphatic heterocycles. The van der Waals surface area contributed by atoms with Gasteiger partial charge in [0.05, 0.1) is 13.7 Å². The molecule has 1 aromatic carbocycles. The van der Waals surface area contributed by atoms with E-state index in [-0.39, 0.29) is 0 Å². The van der Waals surface area contributed by atoms with Crippen LogP contribution in [0.1, 0.15) is 36.7 Å². The van der Waals surface area contributed by atoms with Crippen LogP contribution in [0.3, 0.4) is 0 Å². The SMILES string of the molecule is COc1cccc2c1CCN(Cc1nc(CC(C)C)no1)C2. The quantitative estimate of drug-likeness (QED) is 0.850. The minimum atomic E-state index is 0.541. The predicted molar refractivity (Wildman–Crippen MR) is 83.7 cm³/mol. The van der Waals surface area contributed by atoms with Crippen molar-refractivity contribution >= 4 is 0 Å². The smallest absolute Gasteiger partial charge is 0.240 e. The molecule has 0 bridgehead atoms. The standard InChI is InChI=1S/C17H23N3O2/c1-12(2)9-16-18-17(22-19-16)11-20-8-7-14-13(10-20)5-4-6-15(14)21-3/h4-6,12H,7-11H2,1-3H3. The molecule has 0 saturated carbocycles. The van der Waals surface area contributed by atoms with Crippen molar-refractivity contribution in [2.24, 2.45) is 5.92 Å². The monoisotopic (exact) mass is 301 g/mol. The third kappa shape index (κ3) is 3.30. The van der Waals surface area contributed by atoms with Gasteiger partial charge in [0.1, 0.15) is 5.75 Å². The molecule has 0 amide bonds. The molecule has 22 heavy (non-hydrogen) atoms. The molecule has 0 radical (unpaired) electrons. The minimum Gasteiger partial charge on any atom is -0.496 e. The zero-order valence-electron chi connectivity index (χ0n) is 13.5. The van der Waals surface area contributed by atoms with E-state index in [1.54, 1.807) is 7.11 Å². The van der Waals surface area contributed by atoms with E-state index < -0.39 is 0 Å². The van der Waals surface area contributed by atoms with Crippen molar-refractivity contribution in [1.82, 2.24) is 15.0 Å². The number of aromatic nitrogens is 2. The predicted octanol–water partition coefficient (Wildman–Crippen LogP) is 2.84. The van der Waals surface area contributed by atoms with Crippen molar-refractivity contribution in [1.29, 1.82) is 0 Å². The molecule has 0 atom stereocenters.